The van der Waals surface area contributed by atoms with Gasteiger partial charge in [-0.05, 0) is 6.08 Å². The second-order valence-corrected chi connectivity index (χ2v) is 2.30. The maximum atomic E-state index is 10.9. The third-order valence-electron chi connectivity index (χ3n) is 1.67. The van der Waals surface area contributed by atoms with E-state index in [1.54, 1.807) is 6.21 Å². The first-order valence-electron chi connectivity index (χ1n) is 3.14. The van der Waals surface area contributed by atoms with Crippen LogP contribution in [0.3, 0.4) is 0 Å². The number of aliphatic imine (C=N–C) groups is 1. The Morgan fingerprint density at radius 2 is 2.50 bits per heavy atom. The number of allylic oxidation sites excluding steroid dienone is 1. The molecule has 1 unspecified atom stereocenters. The molecule has 2 aliphatic rings. The van der Waals surface area contributed by atoms with Crippen LogP contribution in [0.4, 0.5) is 0 Å². The first-order chi connectivity index (χ1) is 4.88. The van der Waals surface area contributed by atoms with E-state index in [0.717, 1.165) is 5.70 Å². The highest BCUT2D eigenvalue weighted by molar-refractivity contribution is 5.88. The molecular weight excluding hydrogens is 130 g/mol. The van der Waals surface area contributed by atoms with Crippen LogP contribution in [0, 0.1) is 5.92 Å². The summed E-state index contributed by atoms with van der Waals surface area (Å²) in [6.45, 7) is 0.574. The van der Waals surface area contributed by atoms with Gasteiger partial charge in [0, 0.05) is 11.9 Å². The smallest absolute Gasteiger partial charge is 0.249 e. The van der Waals surface area contributed by atoms with Crippen LogP contribution >= 0.6 is 0 Å². The minimum Gasteiger partial charge on any atom is -0.302 e. The largest absolute Gasteiger partial charge is 0.302 e. The Morgan fingerprint density at radius 1 is 1.60 bits per heavy atom. The molecule has 2 aliphatic heterocycles. The lowest BCUT2D eigenvalue weighted by Gasteiger charge is -2.06. The van der Waals surface area contributed by atoms with Crippen molar-refractivity contribution in [3.8, 4) is 0 Å². The summed E-state index contributed by atoms with van der Waals surface area (Å²) >= 11 is 0. The molecular formula is C6H7N3O. The van der Waals surface area contributed by atoms with Crippen LogP contribution in [0.15, 0.2) is 16.8 Å². The standard InChI is InChI=1S/C6H7N3O/c10-6-4-3-7-2-1-5(4)8-9-6/h1-2,4,8H,3H2,(H,9,10). The maximum absolute atomic E-state index is 10.9. The van der Waals surface area contributed by atoms with E-state index in [9.17, 15) is 4.79 Å². The molecule has 10 heavy (non-hydrogen) atoms. The van der Waals surface area contributed by atoms with Gasteiger partial charge in [0.25, 0.3) is 0 Å². The Labute approximate surface area is 58.0 Å². The summed E-state index contributed by atoms with van der Waals surface area (Å²) in [5.41, 5.74) is 6.23. The van der Waals surface area contributed by atoms with Crippen LogP contribution in [0.1, 0.15) is 0 Å². The number of hydrogen-bond acceptors (Lipinski definition) is 3. The van der Waals surface area contributed by atoms with Gasteiger partial charge in [-0.3, -0.25) is 15.2 Å². The van der Waals surface area contributed by atoms with Crippen molar-refractivity contribution < 1.29 is 4.79 Å². The number of hydrogen-bond donors (Lipinski definition) is 2. The quantitative estimate of drug-likeness (QED) is 0.459. The third kappa shape index (κ3) is 0.618. The van der Waals surface area contributed by atoms with E-state index in [0.29, 0.717) is 6.54 Å². The van der Waals surface area contributed by atoms with Gasteiger partial charge in [-0.2, -0.15) is 0 Å². The van der Waals surface area contributed by atoms with Crippen molar-refractivity contribution in [2.24, 2.45) is 10.9 Å². The number of rotatable bonds is 0. The molecule has 1 amide bonds. The maximum Gasteiger partial charge on any atom is 0.249 e. The zero-order chi connectivity index (χ0) is 6.97. The lowest BCUT2D eigenvalue weighted by molar-refractivity contribution is -0.122. The Bertz CT molecular complexity index is 231. The highest BCUT2D eigenvalue weighted by Crippen LogP contribution is 2.15. The molecule has 0 spiro atoms. The fraction of sp³-hybridized carbons (Fsp3) is 0.333. The molecule has 2 N–H and O–H groups in total. The average Bonchev–Trinajstić information content (AvgIpc) is 2.34. The van der Waals surface area contributed by atoms with Gasteiger partial charge in [0.2, 0.25) is 5.91 Å². The van der Waals surface area contributed by atoms with Crippen LogP contribution in [0.25, 0.3) is 0 Å². The van der Waals surface area contributed by atoms with E-state index in [2.05, 4.69) is 15.8 Å². The molecule has 1 atom stereocenters. The Balaban J connectivity index is 2.31. The fourth-order valence-electron chi connectivity index (χ4n) is 1.09. The summed E-state index contributed by atoms with van der Waals surface area (Å²) in [6, 6.07) is 0. The highest BCUT2D eigenvalue weighted by Gasteiger charge is 2.29. The van der Waals surface area contributed by atoms with Crippen LogP contribution in [0.5, 0.6) is 0 Å². The van der Waals surface area contributed by atoms with Gasteiger partial charge in [0.05, 0.1) is 6.54 Å². The lowest BCUT2D eigenvalue weighted by Crippen LogP contribution is -2.26. The van der Waals surface area contributed by atoms with E-state index in [1.807, 2.05) is 6.08 Å². The summed E-state index contributed by atoms with van der Waals surface area (Å²) in [4.78, 5) is 14.9. The highest BCUT2D eigenvalue weighted by atomic mass is 16.2. The number of amides is 1. The molecule has 2 heterocycles. The molecule has 0 aromatic carbocycles. The SMILES string of the molecule is O=C1NNC2=CC=NCC12. The van der Waals surface area contributed by atoms with Crippen molar-refractivity contribution in [2.75, 3.05) is 6.54 Å². The van der Waals surface area contributed by atoms with Gasteiger partial charge >= 0.3 is 0 Å². The Morgan fingerprint density at radius 3 is 3.30 bits per heavy atom. The second-order valence-electron chi connectivity index (χ2n) is 2.30. The van der Waals surface area contributed by atoms with E-state index in [-0.39, 0.29) is 11.8 Å². The molecule has 1 fully saturated rings. The van der Waals surface area contributed by atoms with E-state index >= 15 is 0 Å². The zero-order valence-corrected chi connectivity index (χ0v) is 5.29. The predicted octanol–water partition coefficient (Wildman–Crippen LogP) is -0.795. The number of nitrogens with one attached hydrogen (secondary N) is 2. The van der Waals surface area contributed by atoms with Gasteiger partial charge < -0.3 is 5.43 Å². The number of dihydropyridines is 1. The van der Waals surface area contributed by atoms with Crippen LogP contribution in [-0.4, -0.2) is 18.7 Å². The van der Waals surface area contributed by atoms with Gasteiger partial charge in [-0.15, -0.1) is 0 Å². The molecule has 0 bridgehead atoms. The Kier molecular flexibility index (Phi) is 1.00. The number of carbonyl (C=O) groups is 1. The van der Waals surface area contributed by atoms with Gasteiger partial charge in [0.1, 0.15) is 5.92 Å². The van der Waals surface area contributed by atoms with Crippen LogP contribution < -0.4 is 10.9 Å². The zero-order valence-electron chi connectivity index (χ0n) is 5.29. The van der Waals surface area contributed by atoms with E-state index in [4.69, 9.17) is 0 Å². The minimum absolute atomic E-state index is 0.0168. The molecule has 1 saturated heterocycles. The van der Waals surface area contributed by atoms with E-state index in [1.165, 1.54) is 0 Å². The van der Waals surface area contributed by atoms with Crippen molar-refractivity contribution in [2.45, 2.75) is 0 Å². The summed E-state index contributed by atoms with van der Waals surface area (Å²) in [6.07, 6.45) is 3.52. The number of nitrogens with zero attached hydrogens (tertiary/aromatic N) is 1. The molecule has 2 rings (SSSR count). The third-order valence-corrected chi connectivity index (χ3v) is 1.67. The molecule has 52 valence electrons. The number of carbonyl (C=O) groups excluding carboxylic acids is 1. The molecule has 4 heteroatoms. The van der Waals surface area contributed by atoms with Gasteiger partial charge in [-0.25, -0.2) is 0 Å². The minimum atomic E-state index is -0.0648. The summed E-state index contributed by atoms with van der Waals surface area (Å²) < 4.78 is 0. The summed E-state index contributed by atoms with van der Waals surface area (Å²) in [5.74, 6) is -0.0481. The molecule has 0 aliphatic carbocycles. The average molecular weight is 137 g/mol. The van der Waals surface area contributed by atoms with Crippen LogP contribution in [0.2, 0.25) is 0 Å². The lowest BCUT2D eigenvalue weighted by atomic mass is 10.1. The summed E-state index contributed by atoms with van der Waals surface area (Å²) in [7, 11) is 0. The first kappa shape index (κ1) is 5.46. The van der Waals surface area contributed by atoms with Crippen molar-refractivity contribution in [3.05, 3.63) is 11.8 Å². The number of hydrazine groups is 1. The van der Waals surface area contributed by atoms with Crippen molar-refractivity contribution in [1.29, 1.82) is 0 Å². The van der Waals surface area contributed by atoms with Crippen molar-refractivity contribution in [3.63, 3.8) is 0 Å². The fourth-order valence-corrected chi connectivity index (χ4v) is 1.09. The van der Waals surface area contributed by atoms with Crippen LogP contribution in [-0.2, 0) is 4.79 Å². The molecule has 4 nitrogen and oxygen atoms in total. The van der Waals surface area contributed by atoms with Gasteiger partial charge in [-0.1, -0.05) is 0 Å². The monoisotopic (exact) mass is 137 g/mol. The predicted molar refractivity (Wildman–Crippen MR) is 36.2 cm³/mol. The number of fused-ring (bicyclic) bond motifs is 1. The Hall–Kier alpha value is -1.32. The van der Waals surface area contributed by atoms with Crippen molar-refractivity contribution >= 4 is 12.1 Å². The summed E-state index contributed by atoms with van der Waals surface area (Å²) in [5, 5.41) is 0. The molecule has 0 saturated carbocycles. The first-order valence-corrected chi connectivity index (χ1v) is 3.14. The van der Waals surface area contributed by atoms with Crippen molar-refractivity contribution in [1.82, 2.24) is 10.9 Å². The topological polar surface area (TPSA) is 53.5 Å². The normalized spacial score (nSPS) is 28.6. The molecule has 0 radical (unpaired) electrons. The second kappa shape index (κ2) is 1.83. The molecule has 0 aromatic heterocycles. The van der Waals surface area contributed by atoms with E-state index < -0.39 is 0 Å². The molecule has 0 aromatic rings. The van der Waals surface area contributed by atoms with Gasteiger partial charge in [0.15, 0.2) is 0 Å².